The topological polar surface area (TPSA) is 91.8 Å². The first-order valence-corrected chi connectivity index (χ1v) is 9.76. The van der Waals surface area contributed by atoms with Gasteiger partial charge in [0.2, 0.25) is 0 Å². The van der Waals surface area contributed by atoms with Gasteiger partial charge in [-0.3, -0.25) is 4.79 Å². The number of nitrogens with one attached hydrogen (secondary N) is 3. The van der Waals surface area contributed by atoms with Crippen LogP contribution in [-0.4, -0.2) is 20.6 Å². The zero-order valence-electron chi connectivity index (χ0n) is 16.5. The molecular weight excluding hydrogens is 402 g/mol. The largest absolute Gasteiger partial charge is 0.334 e. The van der Waals surface area contributed by atoms with Crippen LogP contribution < -0.4 is 16.2 Å². The molecule has 0 saturated carbocycles. The first-order valence-electron chi connectivity index (χ1n) is 9.38. The lowest BCUT2D eigenvalue weighted by Crippen LogP contribution is -2.28. The molecule has 7 nitrogen and oxygen atoms in total. The van der Waals surface area contributed by atoms with Gasteiger partial charge < -0.3 is 20.2 Å². The molecule has 8 heteroatoms. The highest BCUT2D eigenvalue weighted by Crippen LogP contribution is 2.25. The number of aromatic nitrogens is 3. The molecule has 30 heavy (non-hydrogen) atoms. The number of amides is 2. The van der Waals surface area contributed by atoms with E-state index in [1.807, 2.05) is 60.3 Å². The number of fused-ring (bicyclic) bond motifs is 1. The van der Waals surface area contributed by atoms with Crippen LogP contribution in [0.4, 0.5) is 10.5 Å². The van der Waals surface area contributed by atoms with Crippen molar-refractivity contribution in [3.8, 4) is 5.69 Å². The van der Waals surface area contributed by atoms with Crippen molar-refractivity contribution in [2.45, 2.75) is 20.4 Å². The maximum Gasteiger partial charge on any atom is 0.319 e. The SMILES string of the molecule is Cc1ccc(NC(=O)NCc2ccn(-c3cc4nc(C)c(=O)[nH]c4cc3Cl)c2)cc1. The molecule has 0 radical (unpaired) electrons. The van der Waals surface area contributed by atoms with Crippen LogP contribution in [0.5, 0.6) is 0 Å². The van der Waals surface area contributed by atoms with Gasteiger partial charge >= 0.3 is 6.03 Å². The number of aromatic amines is 1. The number of carbonyl (C=O) groups is 1. The van der Waals surface area contributed by atoms with Crippen LogP contribution in [0.3, 0.4) is 0 Å². The Morgan fingerprint density at radius 2 is 1.93 bits per heavy atom. The molecule has 0 fully saturated rings. The molecule has 4 aromatic rings. The van der Waals surface area contributed by atoms with Crippen molar-refractivity contribution < 1.29 is 4.79 Å². The Bertz CT molecular complexity index is 1290. The van der Waals surface area contributed by atoms with Crippen LogP contribution in [0, 0.1) is 13.8 Å². The van der Waals surface area contributed by atoms with Crippen molar-refractivity contribution in [1.82, 2.24) is 19.9 Å². The average Bonchev–Trinajstić information content (AvgIpc) is 3.18. The number of nitrogens with zero attached hydrogens (tertiary/aromatic N) is 2. The van der Waals surface area contributed by atoms with E-state index in [1.54, 1.807) is 13.0 Å². The Kier molecular flexibility index (Phi) is 5.29. The first-order chi connectivity index (χ1) is 14.4. The van der Waals surface area contributed by atoms with E-state index in [4.69, 9.17) is 11.6 Å². The first kappa shape index (κ1) is 19.7. The second-order valence-corrected chi connectivity index (χ2v) is 7.48. The highest BCUT2D eigenvalue weighted by molar-refractivity contribution is 6.33. The number of aryl methyl sites for hydroxylation is 2. The molecule has 3 N–H and O–H groups in total. The van der Waals surface area contributed by atoms with E-state index in [-0.39, 0.29) is 11.6 Å². The number of hydrogen-bond acceptors (Lipinski definition) is 3. The molecule has 0 spiro atoms. The van der Waals surface area contributed by atoms with Crippen LogP contribution >= 0.6 is 11.6 Å². The van der Waals surface area contributed by atoms with Crippen LogP contribution in [0.25, 0.3) is 16.7 Å². The third kappa shape index (κ3) is 4.21. The number of urea groups is 1. The summed E-state index contributed by atoms with van der Waals surface area (Å²) in [5, 5.41) is 6.12. The summed E-state index contributed by atoms with van der Waals surface area (Å²) in [6.45, 7) is 4.01. The van der Waals surface area contributed by atoms with Gasteiger partial charge in [-0.25, -0.2) is 9.78 Å². The van der Waals surface area contributed by atoms with Crippen molar-refractivity contribution in [2.75, 3.05) is 5.32 Å². The van der Waals surface area contributed by atoms with Gasteiger partial charge in [0.1, 0.15) is 5.69 Å². The fourth-order valence-electron chi connectivity index (χ4n) is 3.08. The van der Waals surface area contributed by atoms with Crippen molar-refractivity contribution in [3.63, 3.8) is 0 Å². The number of H-pyrrole nitrogens is 1. The minimum atomic E-state index is -0.279. The number of carbonyl (C=O) groups excluding carboxylic acids is 1. The maximum absolute atomic E-state index is 12.1. The molecule has 0 saturated heterocycles. The number of hydrogen-bond donors (Lipinski definition) is 3. The van der Waals surface area contributed by atoms with E-state index in [0.29, 0.717) is 28.3 Å². The van der Waals surface area contributed by atoms with Crippen molar-refractivity contribution in [3.05, 3.63) is 87.1 Å². The normalized spacial score (nSPS) is 10.9. The molecule has 0 aliphatic rings. The Morgan fingerprint density at radius 1 is 1.17 bits per heavy atom. The molecule has 2 amide bonds. The lowest BCUT2D eigenvalue weighted by molar-refractivity contribution is 0.251. The third-order valence-electron chi connectivity index (χ3n) is 4.72. The van der Waals surface area contributed by atoms with Gasteiger partial charge in [0, 0.05) is 24.6 Å². The lowest BCUT2D eigenvalue weighted by atomic mass is 10.2. The highest BCUT2D eigenvalue weighted by Gasteiger charge is 2.10. The Labute approximate surface area is 177 Å². The van der Waals surface area contributed by atoms with E-state index in [1.165, 1.54) is 0 Å². The predicted octanol–water partition coefficient (Wildman–Crippen LogP) is 4.31. The molecule has 4 rings (SSSR count). The Balaban J connectivity index is 1.48. The fourth-order valence-corrected chi connectivity index (χ4v) is 3.34. The fraction of sp³-hybridized carbons (Fsp3) is 0.136. The van der Waals surface area contributed by atoms with Gasteiger partial charge in [-0.05, 0) is 49.7 Å². The zero-order chi connectivity index (χ0) is 21.3. The van der Waals surface area contributed by atoms with Crippen molar-refractivity contribution in [2.24, 2.45) is 0 Å². The van der Waals surface area contributed by atoms with Gasteiger partial charge in [0.15, 0.2) is 0 Å². The number of halogens is 1. The van der Waals surface area contributed by atoms with Gasteiger partial charge in [-0.2, -0.15) is 0 Å². The summed E-state index contributed by atoms with van der Waals surface area (Å²) in [7, 11) is 0. The van der Waals surface area contributed by atoms with Crippen LogP contribution in [-0.2, 0) is 6.54 Å². The van der Waals surface area contributed by atoms with Crippen molar-refractivity contribution in [1.29, 1.82) is 0 Å². The quantitative estimate of drug-likeness (QED) is 0.458. The molecule has 2 aromatic heterocycles. The second kappa shape index (κ2) is 8.04. The second-order valence-electron chi connectivity index (χ2n) is 7.07. The van der Waals surface area contributed by atoms with E-state index in [9.17, 15) is 9.59 Å². The monoisotopic (exact) mass is 421 g/mol. The molecule has 0 aliphatic carbocycles. The van der Waals surface area contributed by atoms with Gasteiger partial charge in [-0.15, -0.1) is 0 Å². The zero-order valence-corrected chi connectivity index (χ0v) is 17.2. The highest BCUT2D eigenvalue weighted by atomic mass is 35.5. The molecular formula is C22H20ClN5O2. The van der Waals surface area contributed by atoms with Gasteiger partial charge in [-0.1, -0.05) is 29.3 Å². The molecule has 2 aromatic carbocycles. The molecule has 0 aliphatic heterocycles. The Hall–Kier alpha value is -3.58. The maximum atomic E-state index is 12.1. The van der Waals surface area contributed by atoms with Crippen LogP contribution in [0.2, 0.25) is 5.02 Å². The summed E-state index contributed by atoms with van der Waals surface area (Å²) < 4.78 is 1.86. The summed E-state index contributed by atoms with van der Waals surface area (Å²) in [5.41, 5.74) is 4.91. The van der Waals surface area contributed by atoms with Crippen molar-refractivity contribution >= 4 is 34.4 Å². The predicted molar refractivity (Wildman–Crippen MR) is 118 cm³/mol. The lowest BCUT2D eigenvalue weighted by Gasteiger charge is -2.09. The van der Waals surface area contributed by atoms with Crippen LogP contribution in [0.1, 0.15) is 16.8 Å². The summed E-state index contributed by atoms with van der Waals surface area (Å²) in [5.74, 6) is 0. The molecule has 0 bridgehead atoms. The summed E-state index contributed by atoms with van der Waals surface area (Å²) in [6.07, 6.45) is 3.75. The molecule has 2 heterocycles. The van der Waals surface area contributed by atoms with E-state index < -0.39 is 0 Å². The molecule has 152 valence electrons. The average molecular weight is 422 g/mol. The van der Waals surface area contributed by atoms with Crippen LogP contribution in [0.15, 0.2) is 59.7 Å². The van der Waals surface area contributed by atoms with E-state index >= 15 is 0 Å². The third-order valence-corrected chi connectivity index (χ3v) is 5.03. The minimum absolute atomic E-state index is 0.232. The van der Waals surface area contributed by atoms with E-state index in [0.717, 1.165) is 22.5 Å². The standard InChI is InChI=1S/C22H20ClN5O2/c1-13-3-5-16(6-4-13)26-22(30)24-11-15-7-8-28(12-15)20-10-19-18(9-17(20)23)27-21(29)14(2)25-19/h3-10,12H,11H2,1-2H3,(H,27,29)(H2,24,26,30). The minimum Gasteiger partial charge on any atom is -0.334 e. The molecule has 0 unspecified atom stereocenters. The number of benzene rings is 2. The number of rotatable bonds is 4. The summed E-state index contributed by atoms with van der Waals surface area (Å²) in [4.78, 5) is 31.0. The Morgan fingerprint density at radius 3 is 2.70 bits per heavy atom. The summed E-state index contributed by atoms with van der Waals surface area (Å²) >= 11 is 6.42. The summed E-state index contributed by atoms with van der Waals surface area (Å²) in [6, 6.07) is 12.7. The van der Waals surface area contributed by atoms with Gasteiger partial charge in [0.25, 0.3) is 5.56 Å². The van der Waals surface area contributed by atoms with E-state index in [2.05, 4.69) is 20.6 Å². The van der Waals surface area contributed by atoms with Gasteiger partial charge in [0.05, 0.1) is 21.7 Å². The molecule has 0 atom stereocenters. The number of anilines is 1. The smallest absolute Gasteiger partial charge is 0.319 e.